The second kappa shape index (κ2) is 8.82. The van der Waals surface area contributed by atoms with Gasteiger partial charge in [0.1, 0.15) is 17.6 Å². The number of carboxylic acid groups (broad SMARTS) is 1. The van der Waals surface area contributed by atoms with Gasteiger partial charge in [-0.2, -0.15) is 0 Å². The third-order valence-corrected chi connectivity index (χ3v) is 2.50. The van der Waals surface area contributed by atoms with Crippen LogP contribution >= 0.6 is 0 Å². The number of carboxylic acids is 1. The first kappa shape index (κ1) is 16.8. The van der Waals surface area contributed by atoms with Crippen LogP contribution in [0.1, 0.15) is 16.8 Å². The Hall–Kier alpha value is -2.26. The molecule has 0 fully saturated rings. The van der Waals surface area contributed by atoms with E-state index in [1.165, 1.54) is 0 Å². The van der Waals surface area contributed by atoms with E-state index in [1.54, 1.807) is 7.11 Å². The number of nitrogens with zero attached hydrogens (tertiary/aromatic N) is 2. The summed E-state index contributed by atoms with van der Waals surface area (Å²) in [4.78, 5) is 24.7. The molecule has 0 amide bonds. The Bertz CT molecular complexity index is 494. The molecule has 1 aromatic rings. The SMILES string of the molecule is COCCOCCCNc1ncc([N+](=O)[O-])cc1C(=O)O. The molecule has 0 saturated carbocycles. The molecule has 116 valence electrons. The fourth-order valence-electron chi connectivity index (χ4n) is 1.48. The zero-order chi connectivity index (χ0) is 15.7. The van der Waals surface area contributed by atoms with Gasteiger partial charge in [-0.3, -0.25) is 10.1 Å². The molecule has 9 nitrogen and oxygen atoms in total. The molecule has 0 bridgehead atoms. The number of aromatic nitrogens is 1. The second-order valence-corrected chi connectivity index (χ2v) is 4.04. The van der Waals surface area contributed by atoms with E-state index >= 15 is 0 Å². The zero-order valence-corrected chi connectivity index (χ0v) is 11.6. The number of methoxy groups -OCH3 is 1. The standard InChI is InChI=1S/C12H17N3O6/c1-20-5-6-21-4-2-3-13-11-10(12(16)17)7-9(8-14-11)15(18)19/h7-8H,2-6H2,1H3,(H,13,14)(H,16,17). The first-order valence-electron chi connectivity index (χ1n) is 6.24. The second-order valence-electron chi connectivity index (χ2n) is 4.04. The van der Waals surface area contributed by atoms with Crippen LogP contribution in [0.15, 0.2) is 12.3 Å². The summed E-state index contributed by atoms with van der Waals surface area (Å²) in [6.07, 6.45) is 1.66. The van der Waals surface area contributed by atoms with Gasteiger partial charge in [-0.1, -0.05) is 0 Å². The van der Waals surface area contributed by atoms with Crippen molar-refractivity contribution in [1.29, 1.82) is 0 Å². The number of pyridine rings is 1. The van der Waals surface area contributed by atoms with Crippen molar-refractivity contribution >= 4 is 17.5 Å². The van der Waals surface area contributed by atoms with E-state index < -0.39 is 10.9 Å². The summed E-state index contributed by atoms with van der Waals surface area (Å²) in [7, 11) is 1.58. The molecule has 0 aliphatic rings. The van der Waals surface area contributed by atoms with Crippen LogP contribution in [0, 0.1) is 10.1 Å². The summed E-state index contributed by atoms with van der Waals surface area (Å²) in [5.74, 6) is -1.17. The smallest absolute Gasteiger partial charge is 0.339 e. The van der Waals surface area contributed by atoms with Gasteiger partial charge in [0.25, 0.3) is 5.69 Å². The topological polar surface area (TPSA) is 124 Å². The molecule has 0 radical (unpaired) electrons. The highest BCUT2D eigenvalue weighted by molar-refractivity contribution is 5.93. The normalized spacial score (nSPS) is 10.3. The zero-order valence-electron chi connectivity index (χ0n) is 11.6. The van der Waals surface area contributed by atoms with E-state index in [-0.39, 0.29) is 17.1 Å². The predicted molar refractivity (Wildman–Crippen MR) is 73.7 cm³/mol. The molecule has 21 heavy (non-hydrogen) atoms. The maximum Gasteiger partial charge on any atom is 0.339 e. The van der Waals surface area contributed by atoms with Crippen molar-refractivity contribution in [3.05, 3.63) is 27.9 Å². The Labute approximate surface area is 121 Å². The highest BCUT2D eigenvalue weighted by Gasteiger charge is 2.17. The molecular weight excluding hydrogens is 282 g/mol. The predicted octanol–water partition coefficient (Wildman–Crippen LogP) is 1.15. The molecule has 0 aromatic carbocycles. The molecule has 9 heteroatoms. The lowest BCUT2D eigenvalue weighted by Gasteiger charge is -2.08. The fraction of sp³-hybridized carbons (Fsp3) is 0.500. The number of hydrogen-bond acceptors (Lipinski definition) is 7. The quantitative estimate of drug-likeness (QED) is 0.374. The van der Waals surface area contributed by atoms with Crippen LogP contribution in [0.25, 0.3) is 0 Å². The number of anilines is 1. The van der Waals surface area contributed by atoms with Crippen molar-refractivity contribution in [3.63, 3.8) is 0 Å². The third-order valence-electron chi connectivity index (χ3n) is 2.50. The monoisotopic (exact) mass is 299 g/mol. The van der Waals surface area contributed by atoms with E-state index in [9.17, 15) is 14.9 Å². The van der Waals surface area contributed by atoms with Gasteiger partial charge in [0.15, 0.2) is 0 Å². The van der Waals surface area contributed by atoms with Gasteiger partial charge in [-0.05, 0) is 6.42 Å². The Morgan fingerprint density at radius 3 is 2.86 bits per heavy atom. The van der Waals surface area contributed by atoms with Gasteiger partial charge in [0.2, 0.25) is 0 Å². The lowest BCUT2D eigenvalue weighted by atomic mass is 10.2. The van der Waals surface area contributed by atoms with Crippen LogP contribution < -0.4 is 5.32 Å². The summed E-state index contributed by atoms with van der Waals surface area (Å²) in [6, 6.07) is 0.979. The molecule has 0 aliphatic heterocycles. The summed E-state index contributed by atoms with van der Waals surface area (Å²) in [5, 5.41) is 22.5. The Balaban J connectivity index is 2.51. The summed E-state index contributed by atoms with van der Waals surface area (Å²) in [6.45, 7) is 1.94. The minimum Gasteiger partial charge on any atom is -0.478 e. The largest absolute Gasteiger partial charge is 0.478 e. The number of hydrogen-bond donors (Lipinski definition) is 2. The van der Waals surface area contributed by atoms with Crippen molar-refractivity contribution in [1.82, 2.24) is 4.98 Å². The minimum atomic E-state index is -1.27. The van der Waals surface area contributed by atoms with E-state index in [1.807, 2.05) is 0 Å². The Morgan fingerprint density at radius 1 is 1.48 bits per heavy atom. The number of nitrogens with one attached hydrogen (secondary N) is 1. The van der Waals surface area contributed by atoms with Crippen molar-refractivity contribution < 1.29 is 24.3 Å². The van der Waals surface area contributed by atoms with Crippen molar-refractivity contribution in [2.75, 3.05) is 38.8 Å². The van der Waals surface area contributed by atoms with Crippen molar-refractivity contribution in [3.8, 4) is 0 Å². The highest BCUT2D eigenvalue weighted by Crippen LogP contribution is 2.19. The maximum atomic E-state index is 11.1. The number of aromatic carboxylic acids is 1. The molecule has 0 spiro atoms. The number of rotatable bonds is 10. The van der Waals surface area contributed by atoms with Crippen LogP contribution in [0.4, 0.5) is 11.5 Å². The average molecular weight is 299 g/mol. The van der Waals surface area contributed by atoms with Crippen LogP contribution in [0.5, 0.6) is 0 Å². The lowest BCUT2D eigenvalue weighted by Crippen LogP contribution is -2.12. The highest BCUT2D eigenvalue weighted by atomic mass is 16.6. The van der Waals surface area contributed by atoms with Crippen LogP contribution in [-0.2, 0) is 9.47 Å². The first-order valence-corrected chi connectivity index (χ1v) is 6.24. The van der Waals surface area contributed by atoms with Gasteiger partial charge >= 0.3 is 5.97 Å². The van der Waals surface area contributed by atoms with Crippen molar-refractivity contribution in [2.24, 2.45) is 0 Å². The molecule has 2 N–H and O–H groups in total. The summed E-state index contributed by atoms with van der Waals surface area (Å²) < 4.78 is 10.1. The maximum absolute atomic E-state index is 11.1. The molecule has 1 aromatic heterocycles. The molecule has 0 aliphatic carbocycles. The number of ether oxygens (including phenoxy) is 2. The summed E-state index contributed by atoms with van der Waals surface area (Å²) in [5.41, 5.74) is -0.592. The third kappa shape index (κ3) is 5.71. The van der Waals surface area contributed by atoms with E-state index in [2.05, 4.69) is 10.3 Å². The summed E-state index contributed by atoms with van der Waals surface area (Å²) >= 11 is 0. The molecule has 0 unspecified atom stereocenters. The Morgan fingerprint density at radius 2 is 2.24 bits per heavy atom. The first-order chi connectivity index (χ1) is 10.1. The van der Waals surface area contributed by atoms with Gasteiger partial charge in [-0.15, -0.1) is 0 Å². The van der Waals surface area contributed by atoms with E-state index in [0.717, 1.165) is 12.3 Å². The number of nitro groups is 1. The van der Waals surface area contributed by atoms with Gasteiger partial charge in [-0.25, -0.2) is 9.78 Å². The van der Waals surface area contributed by atoms with Gasteiger partial charge in [0, 0.05) is 26.3 Å². The fourth-order valence-corrected chi connectivity index (χ4v) is 1.48. The van der Waals surface area contributed by atoms with Gasteiger partial charge < -0.3 is 19.9 Å². The lowest BCUT2D eigenvalue weighted by molar-refractivity contribution is -0.385. The van der Waals surface area contributed by atoms with Gasteiger partial charge in [0.05, 0.1) is 18.1 Å². The Kier molecular flexibility index (Phi) is 7.05. The molecular formula is C12H17N3O6. The van der Waals surface area contributed by atoms with Crippen LogP contribution in [-0.4, -0.2) is 54.5 Å². The molecule has 1 rings (SSSR count). The van der Waals surface area contributed by atoms with E-state index in [0.29, 0.717) is 32.8 Å². The molecule has 0 atom stereocenters. The van der Waals surface area contributed by atoms with Crippen LogP contribution in [0.2, 0.25) is 0 Å². The van der Waals surface area contributed by atoms with Crippen LogP contribution in [0.3, 0.4) is 0 Å². The minimum absolute atomic E-state index is 0.102. The van der Waals surface area contributed by atoms with Crippen molar-refractivity contribution in [2.45, 2.75) is 6.42 Å². The number of carbonyl (C=O) groups is 1. The molecule has 0 saturated heterocycles. The van der Waals surface area contributed by atoms with E-state index in [4.69, 9.17) is 14.6 Å². The molecule has 1 heterocycles. The average Bonchev–Trinajstić information content (AvgIpc) is 2.46.